The van der Waals surface area contributed by atoms with Crippen LogP contribution in [0.25, 0.3) is 0 Å². The van der Waals surface area contributed by atoms with Crippen molar-refractivity contribution in [1.82, 2.24) is 24.9 Å². The van der Waals surface area contributed by atoms with Gasteiger partial charge in [0.1, 0.15) is 0 Å². The molecule has 1 N–H and O–H groups in total. The van der Waals surface area contributed by atoms with Crippen LogP contribution in [-0.2, 0) is 6.54 Å². The molecule has 1 saturated heterocycles. The second-order valence-corrected chi connectivity index (χ2v) is 5.56. The van der Waals surface area contributed by atoms with E-state index in [1.807, 2.05) is 31.1 Å². The van der Waals surface area contributed by atoms with Crippen LogP contribution in [0, 0.1) is 6.92 Å². The van der Waals surface area contributed by atoms with Gasteiger partial charge in [0.15, 0.2) is 0 Å². The predicted molar refractivity (Wildman–Crippen MR) is 78.9 cm³/mol. The van der Waals surface area contributed by atoms with Crippen LogP contribution >= 0.6 is 0 Å². The van der Waals surface area contributed by atoms with Crippen molar-refractivity contribution in [1.29, 1.82) is 0 Å². The van der Waals surface area contributed by atoms with Crippen molar-refractivity contribution in [3.05, 3.63) is 35.4 Å². The number of carbonyl (C=O) groups excluding carboxylic acids is 1. The summed E-state index contributed by atoms with van der Waals surface area (Å²) in [6, 6.07) is 0.0960. The molecule has 3 rings (SSSR count). The minimum Gasteiger partial charge on any atom is -0.330 e. The number of nitrogens with one attached hydrogen (secondary N) is 1. The van der Waals surface area contributed by atoms with Crippen LogP contribution in [0.1, 0.15) is 53.8 Å². The number of aromatic nitrogens is 4. The van der Waals surface area contributed by atoms with Gasteiger partial charge in [0.05, 0.1) is 29.7 Å². The molecule has 21 heavy (non-hydrogen) atoms. The summed E-state index contributed by atoms with van der Waals surface area (Å²) in [4.78, 5) is 14.7. The third-order valence-electron chi connectivity index (χ3n) is 4.17. The fourth-order valence-electron chi connectivity index (χ4n) is 2.98. The molecule has 0 bridgehead atoms. The predicted octanol–water partition coefficient (Wildman–Crippen LogP) is 2.30. The zero-order chi connectivity index (χ0) is 14.8. The molecule has 1 amide bonds. The van der Waals surface area contributed by atoms with Crippen LogP contribution in [0.15, 0.2) is 18.6 Å². The fraction of sp³-hybridized carbons (Fsp3) is 0.533. The molecule has 1 aliphatic heterocycles. The number of aryl methyl sites for hydroxylation is 2. The Morgan fingerprint density at radius 2 is 2.29 bits per heavy atom. The number of amides is 1. The summed E-state index contributed by atoms with van der Waals surface area (Å²) in [5, 5.41) is 11.4. The smallest absolute Gasteiger partial charge is 0.257 e. The van der Waals surface area contributed by atoms with Crippen LogP contribution in [0.3, 0.4) is 0 Å². The summed E-state index contributed by atoms with van der Waals surface area (Å²) in [5.41, 5.74) is 2.84. The van der Waals surface area contributed by atoms with E-state index in [0.29, 0.717) is 5.56 Å². The van der Waals surface area contributed by atoms with E-state index in [2.05, 4.69) is 15.3 Å². The van der Waals surface area contributed by atoms with Crippen molar-refractivity contribution >= 4 is 5.91 Å². The first kappa shape index (κ1) is 13.9. The van der Waals surface area contributed by atoms with Gasteiger partial charge in [-0.1, -0.05) is 0 Å². The van der Waals surface area contributed by atoms with Gasteiger partial charge in [-0.15, -0.1) is 0 Å². The van der Waals surface area contributed by atoms with Crippen LogP contribution in [-0.4, -0.2) is 37.3 Å². The Morgan fingerprint density at radius 3 is 2.95 bits per heavy atom. The van der Waals surface area contributed by atoms with E-state index in [9.17, 15) is 4.79 Å². The van der Waals surface area contributed by atoms with E-state index in [4.69, 9.17) is 0 Å². The number of piperidine rings is 1. The van der Waals surface area contributed by atoms with Crippen LogP contribution in [0.4, 0.5) is 0 Å². The van der Waals surface area contributed by atoms with Gasteiger partial charge in [-0.25, -0.2) is 0 Å². The molecule has 1 fully saturated rings. The molecule has 0 radical (unpaired) electrons. The molecule has 0 aromatic carbocycles. The minimum atomic E-state index is 0.0633. The summed E-state index contributed by atoms with van der Waals surface area (Å²) in [7, 11) is 0. The maximum Gasteiger partial charge on any atom is 0.257 e. The number of likely N-dealkylation sites (tertiary alicyclic amines) is 1. The quantitative estimate of drug-likeness (QED) is 0.942. The Labute approximate surface area is 124 Å². The van der Waals surface area contributed by atoms with E-state index in [-0.39, 0.29) is 11.9 Å². The highest BCUT2D eigenvalue weighted by Crippen LogP contribution is 2.32. The van der Waals surface area contributed by atoms with Crippen LogP contribution < -0.4 is 0 Å². The summed E-state index contributed by atoms with van der Waals surface area (Å²) >= 11 is 0. The summed E-state index contributed by atoms with van der Waals surface area (Å²) < 4.78 is 1.79. The third-order valence-corrected chi connectivity index (χ3v) is 4.17. The molecule has 2 aromatic rings. The maximum absolute atomic E-state index is 12.8. The Hall–Kier alpha value is -2.11. The molecular weight excluding hydrogens is 266 g/mol. The topological polar surface area (TPSA) is 66.8 Å². The summed E-state index contributed by atoms with van der Waals surface area (Å²) in [6.07, 6.45) is 8.49. The average molecular weight is 287 g/mol. The van der Waals surface area contributed by atoms with Crippen molar-refractivity contribution in [3.8, 4) is 0 Å². The molecule has 0 spiro atoms. The molecule has 6 nitrogen and oxygen atoms in total. The van der Waals surface area contributed by atoms with E-state index in [0.717, 1.165) is 43.6 Å². The lowest BCUT2D eigenvalue weighted by Crippen LogP contribution is -2.38. The zero-order valence-electron chi connectivity index (χ0n) is 12.5. The lowest BCUT2D eigenvalue weighted by molar-refractivity contribution is 0.0605. The van der Waals surface area contributed by atoms with Gasteiger partial charge in [0.2, 0.25) is 0 Å². The summed E-state index contributed by atoms with van der Waals surface area (Å²) in [5.74, 6) is 0.0633. The highest BCUT2D eigenvalue weighted by molar-refractivity contribution is 5.94. The Morgan fingerprint density at radius 1 is 1.43 bits per heavy atom. The zero-order valence-corrected chi connectivity index (χ0v) is 12.5. The van der Waals surface area contributed by atoms with E-state index in [1.165, 1.54) is 0 Å². The second kappa shape index (κ2) is 5.71. The first-order valence-electron chi connectivity index (χ1n) is 7.54. The SMILES string of the molecule is CCn1cc(C(=O)N2CCCCC2c2[nH]ncc2C)cn1. The number of aromatic amines is 1. The lowest BCUT2D eigenvalue weighted by Gasteiger charge is -2.35. The van der Waals surface area contributed by atoms with Gasteiger partial charge >= 0.3 is 0 Å². The minimum absolute atomic E-state index is 0.0633. The van der Waals surface area contributed by atoms with Crippen molar-refractivity contribution in [2.24, 2.45) is 0 Å². The molecule has 1 atom stereocenters. The summed E-state index contributed by atoms with van der Waals surface area (Å²) in [6.45, 7) is 5.61. The second-order valence-electron chi connectivity index (χ2n) is 5.56. The van der Waals surface area contributed by atoms with E-state index >= 15 is 0 Å². The van der Waals surface area contributed by atoms with Crippen LogP contribution in [0.2, 0.25) is 0 Å². The maximum atomic E-state index is 12.8. The molecule has 112 valence electrons. The molecule has 2 aromatic heterocycles. The largest absolute Gasteiger partial charge is 0.330 e. The van der Waals surface area contributed by atoms with Gasteiger partial charge in [-0.05, 0) is 38.7 Å². The first-order valence-corrected chi connectivity index (χ1v) is 7.54. The molecule has 3 heterocycles. The number of carbonyl (C=O) groups is 1. The van der Waals surface area contributed by atoms with Crippen molar-refractivity contribution in [3.63, 3.8) is 0 Å². The molecule has 0 saturated carbocycles. The van der Waals surface area contributed by atoms with Crippen molar-refractivity contribution in [2.75, 3.05) is 6.54 Å². The monoisotopic (exact) mass is 287 g/mol. The average Bonchev–Trinajstić information content (AvgIpc) is 3.15. The first-order chi connectivity index (χ1) is 10.2. The fourth-order valence-corrected chi connectivity index (χ4v) is 2.98. The molecular formula is C15H21N5O. The Bertz CT molecular complexity index is 630. The molecule has 1 aliphatic rings. The lowest BCUT2D eigenvalue weighted by atomic mass is 9.97. The number of hydrogen-bond acceptors (Lipinski definition) is 3. The van der Waals surface area contributed by atoms with Crippen LogP contribution in [0.5, 0.6) is 0 Å². The molecule has 0 aliphatic carbocycles. The van der Waals surface area contributed by atoms with Crippen molar-refractivity contribution < 1.29 is 4.79 Å². The molecule has 1 unspecified atom stereocenters. The highest BCUT2D eigenvalue weighted by atomic mass is 16.2. The standard InChI is InChI=1S/C15H21N5O/c1-3-19-10-12(9-17-19)15(21)20-7-5-4-6-13(20)14-11(2)8-16-18-14/h8-10,13H,3-7H2,1-2H3,(H,16,18). The van der Waals surface area contributed by atoms with Gasteiger partial charge in [-0.2, -0.15) is 10.2 Å². The van der Waals surface area contributed by atoms with E-state index < -0.39 is 0 Å². The number of rotatable bonds is 3. The normalized spacial score (nSPS) is 19.0. The van der Waals surface area contributed by atoms with Gasteiger partial charge in [0, 0.05) is 19.3 Å². The molecule has 6 heteroatoms. The van der Waals surface area contributed by atoms with Gasteiger partial charge in [-0.3, -0.25) is 14.6 Å². The Balaban J connectivity index is 1.87. The number of hydrogen-bond donors (Lipinski definition) is 1. The highest BCUT2D eigenvalue weighted by Gasteiger charge is 2.31. The van der Waals surface area contributed by atoms with E-state index in [1.54, 1.807) is 10.9 Å². The number of nitrogens with zero attached hydrogens (tertiary/aromatic N) is 4. The Kier molecular flexibility index (Phi) is 3.77. The van der Waals surface area contributed by atoms with Gasteiger partial charge in [0.25, 0.3) is 5.91 Å². The van der Waals surface area contributed by atoms with Gasteiger partial charge < -0.3 is 4.90 Å². The number of H-pyrrole nitrogens is 1. The third kappa shape index (κ3) is 2.57. The van der Waals surface area contributed by atoms with Crippen molar-refractivity contribution in [2.45, 2.75) is 45.7 Å².